The Morgan fingerprint density at radius 1 is 1.18 bits per heavy atom. The molecule has 0 saturated heterocycles. The van der Waals surface area contributed by atoms with Gasteiger partial charge in [0.25, 0.3) is 0 Å². The molecular weight excluding hydrogens is 456 g/mol. The van der Waals surface area contributed by atoms with Gasteiger partial charge in [-0.15, -0.1) is 0 Å². The van der Waals surface area contributed by atoms with Gasteiger partial charge >= 0.3 is 0 Å². The largest absolute Gasteiger partial charge is 0.489 e. The molecule has 1 amide bonds. The maximum Gasteiger partial charge on any atom is 0.211 e. The predicted octanol–water partition coefficient (Wildman–Crippen LogP) is 5.58. The second kappa shape index (κ2) is 11.3. The highest BCUT2D eigenvalue weighted by Gasteiger charge is 2.24. The van der Waals surface area contributed by atoms with Gasteiger partial charge in [-0.05, 0) is 55.5 Å². The van der Waals surface area contributed by atoms with E-state index in [0.29, 0.717) is 83.9 Å². The molecule has 3 aromatic rings. The van der Waals surface area contributed by atoms with Crippen LogP contribution in [0.5, 0.6) is 17.2 Å². The van der Waals surface area contributed by atoms with Crippen molar-refractivity contribution < 1.29 is 23.8 Å². The monoisotopic (exact) mass is 482 g/mol. The van der Waals surface area contributed by atoms with Gasteiger partial charge in [0.2, 0.25) is 6.41 Å². The zero-order valence-corrected chi connectivity index (χ0v) is 19.8. The van der Waals surface area contributed by atoms with Crippen molar-refractivity contribution in [3.8, 4) is 17.2 Å². The van der Waals surface area contributed by atoms with Crippen molar-refractivity contribution in [2.24, 2.45) is 5.92 Å². The lowest BCUT2D eigenvalue weighted by atomic mass is 10.0. The third-order valence-electron chi connectivity index (χ3n) is 5.56. The normalized spacial score (nSPS) is 13.0. The number of hydrogen-bond acceptors (Lipinski definition) is 6. The first-order valence-electron chi connectivity index (χ1n) is 11.4. The van der Waals surface area contributed by atoms with Crippen LogP contribution in [0.25, 0.3) is 10.9 Å². The van der Waals surface area contributed by atoms with Crippen molar-refractivity contribution in [3.63, 3.8) is 0 Å². The lowest BCUT2D eigenvalue weighted by Gasteiger charge is -2.14. The lowest BCUT2D eigenvalue weighted by molar-refractivity contribution is -0.118. The number of nitrogens with one attached hydrogen (secondary N) is 1. The number of benzene rings is 2. The van der Waals surface area contributed by atoms with Crippen LogP contribution < -0.4 is 14.8 Å². The molecule has 0 radical (unpaired) electrons. The number of ether oxygens (including phenoxy) is 3. The van der Waals surface area contributed by atoms with Gasteiger partial charge in [-0.2, -0.15) is 0 Å². The highest BCUT2D eigenvalue weighted by molar-refractivity contribution is 6.31. The molecule has 1 aliphatic carbocycles. The average Bonchev–Trinajstić information content (AvgIpc) is 3.63. The maximum absolute atomic E-state index is 12.2. The van der Waals surface area contributed by atoms with E-state index in [1.54, 1.807) is 36.5 Å². The quantitative estimate of drug-likeness (QED) is 0.253. The van der Waals surface area contributed by atoms with Crippen molar-refractivity contribution in [1.29, 1.82) is 0 Å². The van der Waals surface area contributed by atoms with Crippen molar-refractivity contribution in [2.45, 2.75) is 32.6 Å². The molecule has 7 nitrogen and oxygen atoms in total. The van der Waals surface area contributed by atoms with Gasteiger partial charge in [0, 0.05) is 42.1 Å². The summed E-state index contributed by atoms with van der Waals surface area (Å²) < 4.78 is 17.2. The average molecular weight is 483 g/mol. The standard InChI is InChI=1S/C26H27ClN2O5/c1-2-32-9-10-33-26-15-23-21(14-24(26)29-16-30)25(7-8-28-23)34-20-6-5-18(22(27)13-20)12-19(31)11-17-3-4-17/h5-8,13-17H,2-4,9-12H2,1H3,(H,29,30). The summed E-state index contributed by atoms with van der Waals surface area (Å²) in [6, 6.07) is 10.6. The number of halogens is 1. The minimum Gasteiger partial charge on any atom is -0.489 e. The number of amides is 1. The number of carbonyl (C=O) groups is 2. The Bertz CT molecular complexity index is 1180. The van der Waals surface area contributed by atoms with Crippen LogP contribution in [0, 0.1) is 5.92 Å². The van der Waals surface area contributed by atoms with Gasteiger partial charge in [-0.3, -0.25) is 14.6 Å². The van der Waals surface area contributed by atoms with Crippen molar-refractivity contribution >= 4 is 40.4 Å². The molecule has 2 aromatic carbocycles. The minimum atomic E-state index is 0.215. The number of anilines is 1. The van der Waals surface area contributed by atoms with Gasteiger partial charge in [-0.1, -0.05) is 17.7 Å². The molecule has 178 valence electrons. The van der Waals surface area contributed by atoms with Crippen molar-refractivity contribution in [2.75, 3.05) is 25.1 Å². The molecule has 4 rings (SSSR count). The van der Waals surface area contributed by atoms with Crippen LogP contribution in [-0.2, 0) is 20.7 Å². The van der Waals surface area contributed by atoms with E-state index in [2.05, 4.69) is 10.3 Å². The minimum absolute atomic E-state index is 0.215. The number of nitrogens with zero attached hydrogens (tertiary/aromatic N) is 1. The van der Waals surface area contributed by atoms with Gasteiger partial charge in [0.15, 0.2) is 0 Å². The van der Waals surface area contributed by atoms with Crippen molar-refractivity contribution in [1.82, 2.24) is 4.98 Å². The fourth-order valence-electron chi connectivity index (χ4n) is 3.68. The number of pyridine rings is 1. The predicted molar refractivity (Wildman–Crippen MR) is 131 cm³/mol. The van der Waals surface area contributed by atoms with Crippen LogP contribution in [0.1, 0.15) is 31.7 Å². The Kier molecular flexibility index (Phi) is 7.98. The first-order chi connectivity index (χ1) is 16.6. The third kappa shape index (κ3) is 6.24. The number of Topliss-reactive ketones (excluding diaryl/α,β-unsaturated/α-hetero) is 1. The van der Waals surface area contributed by atoms with E-state index >= 15 is 0 Å². The van der Waals surface area contributed by atoms with Crippen LogP contribution in [0.15, 0.2) is 42.6 Å². The van der Waals surface area contributed by atoms with Crippen LogP contribution in [0.3, 0.4) is 0 Å². The molecule has 34 heavy (non-hydrogen) atoms. The van der Waals surface area contributed by atoms with E-state index in [0.717, 1.165) is 18.4 Å². The van der Waals surface area contributed by atoms with E-state index in [4.69, 9.17) is 25.8 Å². The first-order valence-corrected chi connectivity index (χ1v) is 11.8. The van der Waals surface area contributed by atoms with Crippen LogP contribution >= 0.6 is 11.6 Å². The Morgan fingerprint density at radius 2 is 2.03 bits per heavy atom. The van der Waals surface area contributed by atoms with E-state index in [1.807, 2.05) is 13.0 Å². The van der Waals surface area contributed by atoms with E-state index < -0.39 is 0 Å². The molecule has 0 spiro atoms. The zero-order chi connectivity index (χ0) is 23.9. The molecule has 0 atom stereocenters. The van der Waals surface area contributed by atoms with Gasteiger partial charge < -0.3 is 19.5 Å². The van der Waals surface area contributed by atoms with Gasteiger partial charge in [0.1, 0.15) is 29.6 Å². The van der Waals surface area contributed by atoms with Crippen LogP contribution in [-0.4, -0.2) is 37.0 Å². The van der Waals surface area contributed by atoms with E-state index in [1.165, 1.54) is 0 Å². The van der Waals surface area contributed by atoms with Gasteiger partial charge in [0.05, 0.1) is 17.8 Å². The summed E-state index contributed by atoms with van der Waals surface area (Å²) in [5.74, 6) is 2.36. The molecule has 0 unspecified atom stereocenters. The molecule has 0 bridgehead atoms. The highest BCUT2D eigenvalue weighted by Crippen LogP contribution is 2.37. The zero-order valence-electron chi connectivity index (χ0n) is 19.0. The van der Waals surface area contributed by atoms with Crippen LogP contribution in [0.2, 0.25) is 5.02 Å². The second-order valence-electron chi connectivity index (χ2n) is 8.20. The summed E-state index contributed by atoms with van der Waals surface area (Å²) in [6.45, 7) is 3.30. The summed E-state index contributed by atoms with van der Waals surface area (Å²) in [5, 5.41) is 3.86. The maximum atomic E-state index is 12.2. The highest BCUT2D eigenvalue weighted by atomic mass is 35.5. The Labute approximate surface area is 203 Å². The summed E-state index contributed by atoms with van der Waals surface area (Å²) in [6.07, 6.45) is 5.50. The molecule has 1 saturated carbocycles. The summed E-state index contributed by atoms with van der Waals surface area (Å²) >= 11 is 6.45. The summed E-state index contributed by atoms with van der Waals surface area (Å²) in [4.78, 5) is 27.8. The Morgan fingerprint density at radius 3 is 2.76 bits per heavy atom. The fraction of sp³-hybridized carbons (Fsp3) is 0.346. The topological polar surface area (TPSA) is 86.8 Å². The molecule has 1 aromatic heterocycles. The molecular formula is C26H27ClN2O5. The second-order valence-corrected chi connectivity index (χ2v) is 8.61. The number of rotatable bonds is 13. The molecule has 1 aliphatic rings. The molecule has 1 N–H and O–H groups in total. The van der Waals surface area contributed by atoms with Crippen LogP contribution in [0.4, 0.5) is 5.69 Å². The molecule has 8 heteroatoms. The number of fused-ring (bicyclic) bond motifs is 1. The Hall–Kier alpha value is -3.16. The summed E-state index contributed by atoms with van der Waals surface area (Å²) in [7, 11) is 0. The fourth-order valence-corrected chi connectivity index (χ4v) is 3.92. The van der Waals surface area contributed by atoms with E-state index in [-0.39, 0.29) is 5.78 Å². The third-order valence-corrected chi connectivity index (χ3v) is 5.91. The van der Waals surface area contributed by atoms with Gasteiger partial charge in [-0.25, -0.2) is 0 Å². The molecule has 1 fully saturated rings. The number of aromatic nitrogens is 1. The van der Waals surface area contributed by atoms with Crippen molar-refractivity contribution in [3.05, 3.63) is 53.2 Å². The number of ketones is 1. The number of carbonyl (C=O) groups excluding carboxylic acids is 2. The molecule has 1 heterocycles. The number of hydrogen-bond donors (Lipinski definition) is 1. The Balaban J connectivity index is 1.54. The summed E-state index contributed by atoms with van der Waals surface area (Å²) in [5.41, 5.74) is 1.94. The molecule has 0 aliphatic heterocycles. The van der Waals surface area contributed by atoms with E-state index in [9.17, 15) is 9.59 Å². The first kappa shape index (κ1) is 24.0. The lowest BCUT2D eigenvalue weighted by Crippen LogP contribution is -2.08. The smallest absolute Gasteiger partial charge is 0.211 e. The SMILES string of the molecule is CCOCCOc1cc2nccc(Oc3ccc(CC(=O)CC4CC4)c(Cl)c3)c2cc1NC=O.